The summed E-state index contributed by atoms with van der Waals surface area (Å²) in [5, 5.41) is 9.65. The Morgan fingerprint density at radius 3 is 1.15 bits per heavy atom. The van der Waals surface area contributed by atoms with Gasteiger partial charge in [0.25, 0.3) is 0 Å². The van der Waals surface area contributed by atoms with Crippen molar-refractivity contribution in [2.75, 3.05) is 19.8 Å². The summed E-state index contributed by atoms with van der Waals surface area (Å²) in [6.45, 7) is 5.21. The quantitative estimate of drug-likeness (QED) is 0.0378. The van der Waals surface area contributed by atoms with Crippen LogP contribution in [0.4, 0.5) is 0 Å². The summed E-state index contributed by atoms with van der Waals surface area (Å²) in [6.07, 6.45) is 72.4. The summed E-state index contributed by atoms with van der Waals surface area (Å²) in [4.78, 5) is 12.3. The van der Waals surface area contributed by atoms with Crippen LogP contribution in [0.3, 0.4) is 0 Å². The van der Waals surface area contributed by atoms with Crippen molar-refractivity contribution in [1.82, 2.24) is 0 Å². The molecule has 0 bridgehead atoms. The summed E-state index contributed by atoms with van der Waals surface area (Å²) in [5.74, 6) is -0.208. The van der Waals surface area contributed by atoms with E-state index in [4.69, 9.17) is 9.47 Å². The van der Waals surface area contributed by atoms with Crippen molar-refractivity contribution in [3.05, 3.63) is 85.1 Å². The molecule has 0 aromatic rings. The Bertz CT molecular complexity index is 1050. The molecule has 4 nitrogen and oxygen atoms in total. The maximum Gasteiger partial charge on any atom is 0.306 e. The normalized spacial score (nSPS) is 13.1. The molecule has 4 heteroatoms. The average Bonchev–Trinajstić information content (AvgIpc) is 3.24. The molecule has 0 saturated heterocycles. The number of allylic oxidation sites excluding steroid dienone is 14. The average molecular weight is 821 g/mol. The van der Waals surface area contributed by atoms with Crippen LogP contribution in [0.2, 0.25) is 0 Å². The summed E-state index contributed by atoms with van der Waals surface area (Å²) in [7, 11) is 0. The fourth-order valence-electron chi connectivity index (χ4n) is 6.97. The number of aliphatic hydroxyl groups excluding tert-OH is 1. The second-order valence-electron chi connectivity index (χ2n) is 16.5. The summed E-state index contributed by atoms with van der Waals surface area (Å²) < 4.78 is 11.2. The van der Waals surface area contributed by atoms with E-state index in [1.54, 1.807) is 0 Å². The first kappa shape index (κ1) is 56.6. The minimum Gasteiger partial charge on any atom is -0.457 e. The Labute approximate surface area is 367 Å². The van der Waals surface area contributed by atoms with E-state index in [-0.39, 0.29) is 19.2 Å². The highest BCUT2D eigenvalue weighted by Crippen LogP contribution is 2.14. The molecule has 1 atom stereocenters. The van der Waals surface area contributed by atoms with E-state index in [1.165, 1.54) is 154 Å². The first-order valence-corrected chi connectivity index (χ1v) is 25.2. The van der Waals surface area contributed by atoms with Gasteiger partial charge in [-0.25, -0.2) is 0 Å². The van der Waals surface area contributed by atoms with Crippen molar-refractivity contribution in [3.8, 4) is 0 Å². The van der Waals surface area contributed by atoms with Crippen LogP contribution in [0.1, 0.15) is 232 Å². The van der Waals surface area contributed by atoms with Gasteiger partial charge in [-0.05, 0) is 89.9 Å². The number of carbonyl (C=O) groups is 1. The highest BCUT2D eigenvalue weighted by molar-refractivity contribution is 5.69. The van der Waals surface area contributed by atoms with E-state index in [2.05, 4.69) is 98.9 Å². The van der Waals surface area contributed by atoms with Gasteiger partial charge >= 0.3 is 5.97 Å². The second-order valence-corrected chi connectivity index (χ2v) is 16.5. The Balaban J connectivity index is 3.46. The van der Waals surface area contributed by atoms with Gasteiger partial charge < -0.3 is 14.6 Å². The molecule has 0 spiro atoms. The molecular weight excluding hydrogens is 725 g/mol. The lowest BCUT2D eigenvalue weighted by atomic mass is 10.0. The molecular formula is C55H96O4. The van der Waals surface area contributed by atoms with Crippen LogP contribution >= 0.6 is 0 Å². The maximum atomic E-state index is 12.3. The lowest BCUT2D eigenvalue weighted by molar-refractivity contribution is -0.154. The highest BCUT2D eigenvalue weighted by atomic mass is 16.6. The molecule has 1 unspecified atom stereocenters. The highest BCUT2D eigenvalue weighted by Gasteiger charge is 2.13. The van der Waals surface area contributed by atoms with Crippen molar-refractivity contribution in [3.63, 3.8) is 0 Å². The third-order valence-corrected chi connectivity index (χ3v) is 10.7. The standard InChI is InChI=1S/C55H96O4/c1-3-5-7-9-11-13-15-17-19-21-23-25-27-28-29-30-32-34-36-38-40-42-44-46-48-50-55(57)59-54(52-56)53-58-51-49-47-45-43-41-39-37-35-33-31-26-24-22-20-18-16-14-12-10-8-6-4-2/h6,8,12,14-15,17-18,20-21,23-24,26-28,54,56H,3-5,7,9-11,13,16,19,22,25,29-53H2,1-2H3/b8-6-,14-12-,17-15-,20-18-,23-21-,26-24-,28-27-. The molecule has 1 N–H and O–H groups in total. The van der Waals surface area contributed by atoms with Crippen molar-refractivity contribution in [2.45, 2.75) is 238 Å². The zero-order valence-corrected chi connectivity index (χ0v) is 39.0. The van der Waals surface area contributed by atoms with E-state index in [0.717, 1.165) is 57.8 Å². The minimum absolute atomic E-state index is 0.179. The zero-order chi connectivity index (χ0) is 42.6. The molecule has 0 saturated carbocycles. The Morgan fingerprint density at radius 2 is 0.763 bits per heavy atom. The lowest BCUT2D eigenvalue weighted by Crippen LogP contribution is -2.27. The van der Waals surface area contributed by atoms with Gasteiger partial charge in [-0.2, -0.15) is 0 Å². The summed E-state index contributed by atoms with van der Waals surface area (Å²) in [5.41, 5.74) is 0. The molecule has 0 heterocycles. The van der Waals surface area contributed by atoms with Gasteiger partial charge in [0, 0.05) is 13.0 Å². The number of rotatable bonds is 46. The van der Waals surface area contributed by atoms with Crippen LogP contribution in [0.5, 0.6) is 0 Å². The fourth-order valence-corrected chi connectivity index (χ4v) is 6.97. The minimum atomic E-state index is -0.546. The van der Waals surface area contributed by atoms with Gasteiger partial charge in [0.15, 0.2) is 0 Å². The lowest BCUT2D eigenvalue weighted by Gasteiger charge is -2.16. The molecule has 0 aromatic heterocycles. The first-order chi connectivity index (χ1) is 29.2. The van der Waals surface area contributed by atoms with E-state index in [1.807, 2.05) is 0 Å². The summed E-state index contributed by atoms with van der Waals surface area (Å²) >= 11 is 0. The van der Waals surface area contributed by atoms with Crippen LogP contribution in [0, 0.1) is 0 Å². The summed E-state index contributed by atoms with van der Waals surface area (Å²) in [6, 6.07) is 0. The molecule has 59 heavy (non-hydrogen) atoms. The molecule has 0 aliphatic heterocycles. The number of unbranched alkanes of at least 4 members (excludes halogenated alkanes) is 24. The van der Waals surface area contributed by atoms with Crippen molar-refractivity contribution in [2.24, 2.45) is 0 Å². The van der Waals surface area contributed by atoms with E-state index < -0.39 is 6.10 Å². The molecule has 0 rings (SSSR count). The topological polar surface area (TPSA) is 55.8 Å². The Morgan fingerprint density at radius 1 is 0.424 bits per heavy atom. The predicted molar refractivity (Wildman–Crippen MR) is 260 cm³/mol. The Hall–Kier alpha value is -2.43. The van der Waals surface area contributed by atoms with Crippen LogP contribution in [-0.2, 0) is 14.3 Å². The molecule has 0 radical (unpaired) electrons. The van der Waals surface area contributed by atoms with E-state index in [0.29, 0.717) is 13.0 Å². The zero-order valence-electron chi connectivity index (χ0n) is 39.0. The van der Waals surface area contributed by atoms with Crippen LogP contribution in [-0.4, -0.2) is 37.0 Å². The van der Waals surface area contributed by atoms with E-state index >= 15 is 0 Å². The van der Waals surface area contributed by atoms with Crippen molar-refractivity contribution >= 4 is 5.97 Å². The number of esters is 1. The van der Waals surface area contributed by atoms with E-state index in [9.17, 15) is 9.90 Å². The van der Waals surface area contributed by atoms with Crippen LogP contribution in [0.15, 0.2) is 85.1 Å². The smallest absolute Gasteiger partial charge is 0.306 e. The number of carbonyl (C=O) groups excluding carboxylic acids is 1. The Kier molecular flexibility index (Phi) is 49.6. The molecule has 340 valence electrons. The number of aliphatic hydroxyl groups is 1. The second kappa shape index (κ2) is 51.7. The van der Waals surface area contributed by atoms with Crippen molar-refractivity contribution in [1.29, 1.82) is 0 Å². The maximum absolute atomic E-state index is 12.3. The van der Waals surface area contributed by atoms with Crippen LogP contribution < -0.4 is 0 Å². The predicted octanol–water partition coefficient (Wildman–Crippen LogP) is 17.1. The SMILES string of the molecule is CC/C=C\C/C=C\C/C=C\C/C=C\CCCCCCCCCCCOCC(CO)OC(=O)CCCCCCCCCCCC/C=C\C/C=C\C/C=C\CCCCCCC. The third kappa shape index (κ3) is 49.8. The van der Waals surface area contributed by atoms with Crippen molar-refractivity contribution < 1.29 is 19.4 Å². The van der Waals surface area contributed by atoms with Gasteiger partial charge in [0.1, 0.15) is 6.10 Å². The molecule has 0 aliphatic rings. The number of ether oxygens (including phenoxy) is 2. The monoisotopic (exact) mass is 821 g/mol. The molecule has 0 aliphatic carbocycles. The molecule has 0 aromatic carbocycles. The van der Waals surface area contributed by atoms with Gasteiger partial charge in [-0.3, -0.25) is 4.79 Å². The van der Waals surface area contributed by atoms with Gasteiger partial charge in [0.2, 0.25) is 0 Å². The largest absolute Gasteiger partial charge is 0.457 e. The van der Waals surface area contributed by atoms with Crippen LogP contribution in [0.25, 0.3) is 0 Å². The number of hydrogen-bond donors (Lipinski definition) is 1. The fraction of sp³-hybridized carbons (Fsp3) is 0.727. The number of hydrogen-bond acceptors (Lipinski definition) is 4. The third-order valence-electron chi connectivity index (χ3n) is 10.7. The molecule has 0 amide bonds. The van der Waals surface area contributed by atoms with Gasteiger partial charge in [-0.15, -0.1) is 0 Å². The molecule has 0 fully saturated rings. The first-order valence-electron chi connectivity index (χ1n) is 25.2. The van der Waals surface area contributed by atoms with Gasteiger partial charge in [-0.1, -0.05) is 221 Å². The van der Waals surface area contributed by atoms with Gasteiger partial charge in [0.05, 0.1) is 13.2 Å².